The SMILES string of the molecule is Cc1c(-c2cncc(C(C)(C)O)c2)nc2ccc(F)cn12. The Labute approximate surface area is 121 Å². The van der Waals surface area contributed by atoms with Crippen molar-refractivity contribution in [1.82, 2.24) is 14.4 Å². The van der Waals surface area contributed by atoms with Crippen LogP contribution in [0.25, 0.3) is 16.9 Å². The molecule has 0 aromatic carbocycles. The van der Waals surface area contributed by atoms with E-state index in [1.165, 1.54) is 12.3 Å². The minimum atomic E-state index is -0.970. The maximum atomic E-state index is 13.4. The van der Waals surface area contributed by atoms with Gasteiger partial charge < -0.3 is 9.51 Å². The Hall–Kier alpha value is -2.27. The van der Waals surface area contributed by atoms with Crippen LogP contribution >= 0.6 is 0 Å². The molecule has 0 radical (unpaired) electrons. The van der Waals surface area contributed by atoms with Gasteiger partial charge in [0.25, 0.3) is 0 Å². The molecule has 0 unspecified atom stereocenters. The van der Waals surface area contributed by atoms with Gasteiger partial charge in [0.1, 0.15) is 11.5 Å². The number of aliphatic hydroxyl groups is 1. The summed E-state index contributed by atoms with van der Waals surface area (Å²) >= 11 is 0. The second-order valence-corrected chi connectivity index (χ2v) is 5.64. The van der Waals surface area contributed by atoms with Crippen molar-refractivity contribution in [1.29, 1.82) is 0 Å². The first-order chi connectivity index (χ1) is 9.86. The molecular formula is C16H16FN3O. The van der Waals surface area contributed by atoms with E-state index in [4.69, 9.17) is 0 Å². The molecule has 3 heterocycles. The zero-order chi connectivity index (χ0) is 15.2. The van der Waals surface area contributed by atoms with Crippen LogP contribution in [0.1, 0.15) is 25.1 Å². The zero-order valence-electron chi connectivity index (χ0n) is 12.1. The Morgan fingerprint density at radius 3 is 2.71 bits per heavy atom. The van der Waals surface area contributed by atoms with Crippen LogP contribution in [0.4, 0.5) is 4.39 Å². The smallest absolute Gasteiger partial charge is 0.139 e. The van der Waals surface area contributed by atoms with Crippen molar-refractivity contribution >= 4 is 5.65 Å². The van der Waals surface area contributed by atoms with Gasteiger partial charge in [-0.15, -0.1) is 0 Å². The van der Waals surface area contributed by atoms with Crippen molar-refractivity contribution in [3.8, 4) is 11.3 Å². The van der Waals surface area contributed by atoms with Gasteiger partial charge >= 0.3 is 0 Å². The normalized spacial score (nSPS) is 12.0. The lowest BCUT2D eigenvalue weighted by molar-refractivity contribution is 0.0783. The molecule has 0 saturated carbocycles. The first kappa shape index (κ1) is 13.7. The third-order valence-electron chi connectivity index (χ3n) is 3.54. The van der Waals surface area contributed by atoms with E-state index in [0.29, 0.717) is 11.2 Å². The molecule has 0 atom stereocenters. The van der Waals surface area contributed by atoms with E-state index in [1.54, 1.807) is 36.7 Å². The standard InChI is InChI=1S/C16H16FN3O/c1-10-15(19-14-5-4-13(17)9-20(10)14)11-6-12(8-18-7-11)16(2,3)21/h4-9,21H,1-3H3. The number of nitrogens with zero attached hydrogens (tertiary/aromatic N) is 3. The minimum absolute atomic E-state index is 0.307. The second-order valence-electron chi connectivity index (χ2n) is 5.64. The maximum absolute atomic E-state index is 13.4. The topological polar surface area (TPSA) is 50.4 Å². The molecule has 108 valence electrons. The number of aromatic nitrogens is 3. The summed E-state index contributed by atoms with van der Waals surface area (Å²) in [6.45, 7) is 5.30. The van der Waals surface area contributed by atoms with Crippen LogP contribution in [0.3, 0.4) is 0 Å². The molecule has 0 spiro atoms. The average molecular weight is 285 g/mol. The van der Waals surface area contributed by atoms with Crippen molar-refractivity contribution < 1.29 is 9.50 Å². The number of pyridine rings is 2. The highest BCUT2D eigenvalue weighted by molar-refractivity contribution is 5.66. The van der Waals surface area contributed by atoms with Crippen molar-refractivity contribution in [3.63, 3.8) is 0 Å². The summed E-state index contributed by atoms with van der Waals surface area (Å²) in [6.07, 6.45) is 4.74. The molecule has 4 nitrogen and oxygen atoms in total. The van der Waals surface area contributed by atoms with Gasteiger partial charge in [0.15, 0.2) is 0 Å². The summed E-state index contributed by atoms with van der Waals surface area (Å²) in [5.74, 6) is -0.307. The molecule has 0 fully saturated rings. The zero-order valence-corrected chi connectivity index (χ0v) is 12.1. The maximum Gasteiger partial charge on any atom is 0.139 e. The summed E-state index contributed by atoms with van der Waals surface area (Å²) in [5, 5.41) is 10.1. The number of aryl methyl sites for hydroxylation is 1. The summed E-state index contributed by atoms with van der Waals surface area (Å²) in [5.41, 5.74) is 2.79. The van der Waals surface area contributed by atoms with E-state index in [1.807, 2.05) is 13.0 Å². The molecule has 0 bridgehead atoms. The Bertz CT molecular complexity index is 818. The van der Waals surface area contributed by atoms with Crippen LogP contribution in [-0.4, -0.2) is 19.5 Å². The molecule has 0 aliphatic carbocycles. The number of hydrogen-bond acceptors (Lipinski definition) is 3. The molecule has 0 aliphatic heterocycles. The lowest BCUT2D eigenvalue weighted by Crippen LogP contribution is -2.15. The summed E-state index contributed by atoms with van der Waals surface area (Å²) in [7, 11) is 0. The molecule has 0 aliphatic rings. The van der Waals surface area contributed by atoms with Crippen LogP contribution in [0, 0.1) is 12.7 Å². The van der Waals surface area contributed by atoms with Crippen molar-refractivity contribution in [2.45, 2.75) is 26.4 Å². The van der Waals surface area contributed by atoms with Gasteiger partial charge in [0, 0.05) is 35.4 Å². The molecule has 0 amide bonds. The minimum Gasteiger partial charge on any atom is -0.386 e. The quantitative estimate of drug-likeness (QED) is 0.787. The lowest BCUT2D eigenvalue weighted by Gasteiger charge is -2.17. The van der Waals surface area contributed by atoms with Gasteiger partial charge in [-0.25, -0.2) is 9.37 Å². The fraction of sp³-hybridized carbons (Fsp3) is 0.250. The molecule has 21 heavy (non-hydrogen) atoms. The third kappa shape index (κ3) is 2.40. The van der Waals surface area contributed by atoms with Crippen molar-refractivity contribution in [2.75, 3.05) is 0 Å². The molecule has 3 aromatic heterocycles. The fourth-order valence-electron chi connectivity index (χ4n) is 2.31. The van der Waals surface area contributed by atoms with E-state index in [-0.39, 0.29) is 5.82 Å². The van der Waals surface area contributed by atoms with E-state index in [2.05, 4.69) is 9.97 Å². The highest BCUT2D eigenvalue weighted by Crippen LogP contribution is 2.27. The molecule has 0 saturated heterocycles. The van der Waals surface area contributed by atoms with Crippen LogP contribution in [0.2, 0.25) is 0 Å². The largest absolute Gasteiger partial charge is 0.386 e. The van der Waals surface area contributed by atoms with E-state index in [0.717, 1.165) is 17.0 Å². The molecule has 1 N–H and O–H groups in total. The Balaban J connectivity index is 2.19. The summed E-state index contributed by atoms with van der Waals surface area (Å²) in [4.78, 5) is 8.69. The lowest BCUT2D eigenvalue weighted by atomic mass is 9.98. The fourth-order valence-corrected chi connectivity index (χ4v) is 2.31. The summed E-state index contributed by atoms with van der Waals surface area (Å²) in [6, 6.07) is 4.88. The van der Waals surface area contributed by atoms with E-state index in [9.17, 15) is 9.50 Å². The van der Waals surface area contributed by atoms with Gasteiger partial charge in [0.05, 0.1) is 11.3 Å². The number of halogens is 1. The van der Waals surface area contributed by atoms with E-state index >= 15 is 0 Å². The first-order valence-electron chi connectivity index (χ1n) is 6.69. The van der Waals surface area contributed by atoms with Crippen LogP contribution in [0.5, 0.6) is 0 Å². The Morgan fingerprint density at radius 1 is 1.24 bits per heavy atom. The van der Waals surface area contributed by atoms with Crippen LogP contribution in [0.15, 0.2) is 36.8 Å². The third-order valence-corrected chi connectivity index (χ3v) is 3.54. The van der Waals surface area contributed by atoms with Crippen molar-refractivity contribution in [2.24, 2.45) is 0 Å². The summed E-state index contributed by atoms with van der Waals surface area (Å²) < 4.78 is 15.1. The monoisotopic (exact) mass is 285 g/mol. The van der Waals surface area contributed by atoms with Crippen LogP contribution in [-0.2, 0) is 5.60 Å². The highest BCUT2D eigenvalue weighted by atomic mass is 19.1. The number of imidazole rings is 1. The molecule has 5 heteroatoms. The first-order valence-corrected chi connectivity index (χ1v) is 6.69. The van der Waals surface area contributed by atoms with Gasteiger partial charge in [-0.1, -0.05) is 0 Å². The predicted molar refractivity (Wildman–Crippen MR) is 78.4 cm³/mol. The van der Waals surface area contributed by atoms with E-state index < -0.39 is 5.60 Å². The highest BCUT2D eigenvalue weighted by Gasteiger charge is 2.18. The van der Waals surface area contributed by atoms with Crippen molar-refractivity contribution in [3.05, 3.63) is 53.9 Å². The molecular weight excluding hydrogens is 269 g/mol. The second kappa shape index (κ2) is 4.63. The van der Waals surface area contributed by atoms with Gasteiger partial charge in [-0.2, -0.15) is 0 Å². The molecule has 3 aromatic rings. The predicted octanol–water partition coefficient (Wildman–Crippen LogP) is 3.07. The average Bonchev–Trinajstić information content (AvgIpc) is 2.75. The van der Waals surface area contributed by atoms with Gasteiger partial charge in [0.2, 0.25) is 0 Å². The van der Waals surface area contributed by atoms with Gasteiger partial charge in [-0.3, -0.25) is 4.98 Å². The Kier molecular flexibility index (Phi) is 3.02. The number of fused-ring (bicyclic) bond motifs is 1. The number of hydrogen-bond donors (Lipinski definition) is 1. The number of rotatable bonds is 2. The van der Waals surface area contributed by atoms with Gasteiger partial charge in [-0.05, 0) is 39.0 Å². The molecule has 3 rings (SSSR count). The Morgan fingerprint density at radius 2 is 2.00 bits per heavy atom. The van der Waals surface area contributed by atoms with Crippen LogP contribution < -0.4 is 0 Å².